The first-order chi connectivity index (χ1) is 23.6. The molecule has 0 radical (unpaired) electrons. The van der Waals surface area contributed by atoms with E-state index in [1.807, 2.05) is 0 Å². The fourth-order valence-corrected chi connectivity index (χ4v) is 8.90. The Labute approximate surface area is 325 Å². The van der Waals surface area contributed by atoms with Gasteiger partial charge < -0.3 is 17.0 Å². The average Bonchev–Trinajstić information content (AvgIpc) is 3.06. The molecule has 0 aromatic carbocycles. The number of halogens is 1. The van der Waals surface area contributed by atoms with Gasteiger partial charge in [-0.05, 0) is 12.8 Å². The highest BCUT2D eigenvalue weighted by molar-refractivity contribution is 7.73. The third kappa shape index (κ3) is 51.1. The molecule has 0 aliphatic carbocycles. The second-order valence-electron chi connectivity index (χ2n) is 17.5. The first-order valence-electron chi connectivity index (χ1n) is 23.4. The second-order valence-corrected chi connectivity index (χ2v) is 22.5. The molecular weight excluding hydrogens is 675 g/mol. The lowest BCUT2D eigenvalue weighted by atomic mass is 10.0. The molecule has 0 saturated heterocycles. The Morgan fingerprint density at radius 2 is 0.327 bits per heavy atom. The van der Waals surface area contributed by atoms with Gasteiger partial charge in [0.15, 0.2) is 0 Å². The van der Waals surface area contributed by atoms with Crippen LogP contribution in [-0.2, 0) is 0 Å². The Balaban J connectivity index is 0. The number of hydrogen-bond acceptors (Lipinski definition) is 0. The zero-order valence-corrected chi connectivity index (χ0v) is 37.7. The molecule has 0 heterocycles. The predicted molar refractivity (Wildman–Crippen MR) is 229 cm³/mol. The van der Waals surface area contributed by atoms with E-state index in [4.69, 9.17) is 0 Å². The van der Waals surface area contributed by atoms with Crippen molar-refractivity contribution in [2.75, 3.05) is 26.2 Å². The minimum atomic E-state index is -0.523. The largest absolute Gasteiger partial charge is 1.00 e. The van der Waals surface area contributed by atoms with Gasteiger partial charge in [0, 0.05) is 27.3 Å². The molecule has 0 spiro atoms. The lowest BCUT2D eigenvalue weighted by molar-refractivity contribution is -0.0000109. The molecule has 0 N–H and O–H groups in total. The van der Waals surface area contributed by atoms with E-state index < -0.39 is 7.26 Å². The molecule has 0 atom stereocenters. The third-order valence-corrected chi connectivity index (χ3v) is 12.8. The maximum Gasteiger partial charge on any atom is 0.0586 e. The van der Waals surface area contributed by atoms with Crippen molar-refractivity contribution < 1.29 is 17.0 Å². The van der Waals surface area contributed by atoms with Crippen LogP contribution < -0.4 is 17.0 Å². The summed E-state index contributed by atoms with van der Waals surface area (Å²) in [5.74, 6) is 0. The van der Waals surface area contributed by atoms with Gasteiger partial charge in [-0.3, -0.25) is 0 Å². The van der Waals surface area contributed by atoms with Gasteiger partial charge in [0.1, 0.15) is 0 Å². The maximum atomic E-state index is 2.49. The summed E-state index contributed by atoms with van der Waals surface area (Å²) in [4.78, 5) is 0. The van der Waals surface area contributed by atoms with E-state index in [2.05, 4.69) is 26.9 Å². The Hall–Kier alpha value is 0.910. The molecule has 0 fully saturated rings. The van der Waals surface area contributed by atoms with Crippen molar-refractivity contribution in [1.29, 1.82) is 0 Å². The van der Waals surface area contributed by atoms with Gasteiger partial charge in [0.25, 0.3) is 0 Å². The smallest absolute Gasteiger partial charge is 0.0586 e. The summed E-state index contributed by atoms with van der Waals surface area (Å²) in [6, 6.07) is 0. The van der Waals surface area contributed by atoms with Crippen LogP contribution in [-0.4, -0.2) is 26.2 Å². The molecule has 0 aromatic rings. The van der Waals surface area contributed by atoms with Crippen molar-refractivity contribution >= 4 is 7.26 Å². The third-order valence-electron chi connectivity index (χ3n) is 11.2. The van der Waals surface area contributed by atoms with Crippen LogP contribution in [0.4, 0.5) is 0 Å². The standard InChI is InChI=1S/C47H98P.BrH/c1-5-6-7-8-9-10-11-12-13-14-15-16-17-18-19-20-21-22-23-24-25-26-27-28-29-30-31-32-33-34-35-36-37-38-39-40-41-42-43-44-45-46-47-48(2,3)4;/h5-47H2,1-4H3;1H/q+1;/p-1. The minimum absolute atomic E-state index is 0. The minimum Gasteiger partial charge on any atom is -1.00 e. The topological polar surface area (TPSA) is 0 Å². The summed E-state index contributed by atoms with van der Waals surface area (Å²) in [5, 5.41) is 0. The second kappa shape index (κ2) is 45.1. The van der Waals surface area contributed by atoms with Crippen LogP contribution in [0.5, 0.6) is 0 Å². The molecule has 0 amide bonds. The van der Waals surface area contributed by atoms with Gasteiger partial charge >= 0.3 is 0 Å². The van der Waals surface area contributed by atoms with E-state index in [-0.39, 0.29) is 17.0 Å². The van der Waals surface area contributed by atoms with Crippen molar-refractivity contribution in [3.8, 4) is 0 Å². The molecule has 2 heteroatoms. The fraction of sp³-hybridized carbons (Fsp3) is 1.00. The Morgan fingerprint density at radius 1 is 0.204 bits per heavy atom. The van der Waals surface area contributed by atoms with Gasteiger partial charge in [-0.2, -0.15) is 0 Å². The van der Waals surface area contributed by atoms with Gasteiger partial charge in [-0.15, -0.1) is 0 Å². The molecule has 0 aliphatic heterocycles. The van der Waals surface area contributed by atoms with E-state index in [0.29, 0.717) is 0 Å². The number of hydrogen-bond donors (Lipinski definition) is 0. The summed E-state index contributed by atoms with van der Waals surface area (Å²) in [6.07, 6.45) is 64.1. The van der Waals surface area contributed by atoms with E-state index in [9.17, 15) is 0 Å². The highest BCUT2D eigenvalue weighted by Gasteiger charge is 2.15. The van der Waals surface area contributed by atoms with E-state index in [1.54, 1.807) is 0 Å². The van der Waals surface area contributed by atoms with Crippen LogP contribution in [0.3, 0.4) is 0 Å². The Morgan fingerprint density at radius 3 is 0.449 bits per heavy atom. The van der Waals surface area contributed by atoms with E-state index in [0.717, 1.165) is 0 Å². The van der Waals surface area contributed by atoms with Crippen molar-refractivity contribution in [2.24, 2.45) is 0 Å². The highest BCUT2D eigenvalue weighted by Crippen LogP contribution is 2.47. The Bertz CT molecular complexity index is 555. The van der Waals surface area contributed by atoms with E-state index >= 15 is 0 Å². The summed E-state index contributed by atoms with van der Waals surface area (Å²) < 4.78 is 0. The SMILES string of the molecule is CCCCCCCCCCCCCCCCCCCCCCCCCCCCCCCCCCCCCCCCCCCC[P+](C)(C)C.[Br-]. The first-order valence-corrected chi connectivity index (χ1v) is 26.7. The number of unbranched alkanes of at least 4 members (excludes halogenated alkanes) is 41. The van der Waals surface area contributed by atoms with Crippen molar-refractivity contribution in [3.63, 3.8) is 0 Å². The quantitative estimate of drug-likeness (QED) is 0.0428. The van der Waals surface area contributed by atoms with Crippen LogP contribution in [0.25, 0.3) is 0 Å². The van der Waals surface area contributed by atoms with Gasteiger partial charge in [-0.1, -0.05) is 264 Å². The summed E-state index contributed by atoms with van der Waals surface area (Å²) in [7, 11) is -0.523. The van der Waals surface area contributed by atoms with Crippen LogP contribution in [0.15, 0.2) is 0 Å². The zero-order chi connectivity index (χ0) is 34.9. The number of rotatable bonds is 43. The van der Waals surface area contributed by atoms with Crippen LogP contribution in [0, 0.1) is 0 Å². The Kier molecular flexibility index (Phi) is 47.8. The van der Waals surface area contributed by atoms with Gasteiger partial charge in [-0.25, -0.2) is 0 Å². The molecule has 0 unspecified atom stereocenters. The fourth-order valence-electron chi connectivity index (χ4n) is 7.73. The summed E-state index contributed by atoms with van der Waals surface area (Å²) in [5.41, 5.74) is 0. The van der Waals surface area contributed by atoms with Gasteiger partial charge in [0.05, 0.1) is 6.16 Å². The molecular formula is C47H98BrP. The molecule has 0 aromatic heterocycles. The molecule has 0 bridgehead atoms. The van der Waals surface area contributed by atoms with Crippen LogP contribution >= 0.6 is 7.26 Å². The van der Waals surface area contributed by atoms with Crippen molar-refractivity contribution in [1.82, 2.24) is 0 Å². The molecule has 0 nitrogen and oxygen atoms in total. The van der Waals surface area contributed by atoms with E-state index in [1.165, 1.54) is 276 Å². The lowest BCUT2D eigenvalue weighted by Gasteiger charge is -2.10. The molecule has 0 rings (SSSR count). The molecule has 0 saturated carbocycles. The summed E-state index contributed by atoms with van der Waals surface area (Å²) >= 11 is 0. The lowest BCUT2D eigenvalue weighted by Crippen LogP contribution is -3.00. The average molecular weight is 774 g/mol. The van der Waals surface area contributed by atoms with Crippen LogP contribution in [0.1, 0.15) is 277 Å². The summed E-state index contributed by atoms with van der Waals surface area (Å²) in [6.45, 7) is 9.77. The van der Waals surface area contributed by atoms with Crippen molar-refractivity contribution in [2.45, 2.75) is 277 Å². The normalized spacial score (nSPS) is 11.8. The van der Waals surface area contributed by atoms with Gasteiger partial charge in [0.2, 0.25) is 0 Å². The monoisotopic (exact) mass is 773 g/mol. The first kappa shape index (κ1) is 52.0. The predicted octanol–water partition coefficient (Wildman–Crippen LogP) is 15.3. The van der Waals surface area contributed by atoms with Crippen LogP contribution in [0.2, 0.25) is 0 Å². The maximum absolute atomic E-state index is 2.49. The molecule has 0 aliphatic rings. The van der Waals surface area contributed by atoms with Crippen molar-refractivity contribution in [3.05, 3.63) is 0 Å². The zero-order valence-electron chi connectivity index (χ0n) is 35.2. The molecule has 49 heavy (non-hydrogen) atoms. The highest BCUT2D eigenvalue weighted by atomic mass is 79.9. The molecule has 298 valence electrons.